The molecule has 3 rings (SSSR count). The summed E-state index contributed by atoms with van der Waals surface area (Å²) >= 11 is 0. The van der Waals surface area contributed by atoms with Gasteiger partial charge in [-0.3, -0.25) is 0 Å². The highest BCUT2D eigenvalue weighted by Crippen LogP contribution is 2.27. The molecule has 0 aromatic heterocycles. The molecule has 2 bridgehead atoms. The van der Waals surface area contributed by atoms with Gasteiger partial charge in [0.05, 0.1) is 0 Å². The van der Waals surface area contributed by atoms with Crippen molar-refractivity contribution in [3.63, 3.8) is 0 Å². The quantitative estimate of drug-likeness (QED) is 0.540. The largest absolute Gasteiger partial charge is 0.312 e. The van der Waals surface area contributed by atoms with Crippen molar-refractivity contribution < 1.29 is 0 Å². The molecule has 2 heteroatoms. The molecule has 0 spiro atoms. The minimum atomic E-state index is 0.780. The first-order chi connectivity index (χ1) is 6.90. The monoisotopic (exact) mass is 194 g/mol. The highest BCUT2D eigenvalue weighted by molar-refractivity contribution is 4.91. The Balaban J connectivity index is 1.70. The second kappa shape index (κ2) is 4.94. The molecule has 0 aromatic rings. The minimum Gasteiger partial charge on any atom is -0.312 e. The van der Waals surface area contributed by atoms with Crippen LogP contribution in [0.25, 0.3) is 0 Å². The van der Waals surface area contributed by atoms with Crippen LogP contribution in [0.4, 0.5) is 0 Å². The third-order valence-corrected chi connectivity index (χ3v) is 3.61. The first kappa shape index (κ1) is 10.2. The van der Waals surface area contributed by atoms with Gasteiger partial charge in [0.25, 0.3) is 0 Å². The van der Waals surface area contributed by atoms with Crippen LogP contribution in [-0.2, 0) is 0 Å². The third kappa shape index (κ3) is 2.37. The smallest absolute Gasteiger partial charge is 0.0224 e. The number of hydrogen-bond acceptors (Lipinski definition) is 2. The van der Waals surface area contributed by atoms with Crippen molar-refractivity contribution in [2.24, 2.45) is 5.92 Å². The van der Waals surface area contributed by atoms with E-state index in [2.05, 4.69) is 29.3 Å². The maximum Gasteiger partial charge on any atom is 0.0224 e. The fraction of sp³-hybridized carbons (Fsp3) is 0.833. The molecule has 0 aromatic carbocycles. The summed E-state index contributed by atoms with van der Waals surface area (Å²) in [4.78, 5) is 2.60. The van der Waals surface area contributed by atoms with Crippen LogP contribution in [0.3, 0.4) is 0 Å². The van der Waals surface area contributed by atoms with Gasteiger partial charge >= 0.3 is 0 Å². The zero-order valence-electron chi connectivity index (χ0n) is 9.21. The second-order valence-corrected chi connectivity index (χ2v) is 4.56. The second-order valence-electron chi connectivity index (χ2n) is 4.56. The molecule has 14 heavy (non-hydrogen) atoms. The standard InChI is InChI=1S/C12H22N2/c1-2-3-4-7-13-12-10-14-8-5-11(12)6-9-14/h2-3,11-13H,4-10H2,1H3/b3-2+. The molecule has 0 saturated carbocycles. The highest BCUT2D eigenvalue weighted by atomic mass is 15.2. The Morgan fingerprint density at radius 1 is 1.36 bits per heavy atom. The van der Waals surface area contributed by atoms with E-state index in [4.69, 9.17) is 0 Å². The van der Waals surface area contributed by atoms with Crippen molar-refractivity contribution in [1.29, 1.82) is 0 Å². The maximum absolute atomic E-state index is 3.69. The normalized spacial score (nSPS) is 36.8. The first-order valence-electron chi connectivity index (χ1n) is 5.97. The summed E-state index contributed by atoms with van der Waals surface area (Å²) in [6, 6.07) is 0.780. The van der Waals surface area contributed by atoms with E-state index in [1.807, 2.05) is 0 Å². The maximum atomic E-state index is 3.69. The van der Waals surface area contributed by atoms with Crippen molar-refractivity contribution in [3.8, 4) is 0 Å². The number of allylic oxidation sites excluding steroid dienone is 1. The summed E-state index contributed by atoms with van der Waals surface area (Å²) < 4.78 is 0. The van der Waals surface area contributed by atoms with E-state index in [-0.39, 0.29) is 0 Å². The molecule has 3 aliphatic rings. The van der Waals surface area contributed by atoms with Gasteiger partial charge in [-0.15, -0.1) is 0 Å². The summed E-state index contributed by atoms with van der Waals surface area (Å²) in [6.07, 6.45) is 8.40. The lowest BCUT2D eigenvalue weighted by atomic mass is 9.84. The van der Waals surface area contributed by atoms with E-state index < -0.39 is 0 Å². The molecule has 1 atom stereocenters. The van der Waals surface area contributed by atoms with E-state index in [0.717, 1.165) is 18.5 Å². The van der Waals surface area contributed by atoms with Gasteiger partial charge in [0.1, 0.15) is 0 Å². The van der Waals surface area contributed by atoms with Crippen LogP contribution in [0.5, 0.6) is 0 Å². The van der Waals surface area contributed by atoms with E-state index in [0.29, 0.717) is 0 Å². The molecule has 2 nitrogen and oxygen atoms in total. The van der Waals surface area contributed by atoms with Crippen LogP contribution in [0.1, 0.15) is 26.2 Å². The zero-order valence-corrected chi connectivity index (χ0v) is 9.21. The Labute approximate surface area is 87.4 Å². The lowest BCUT2D eigenvalue weighted by Gasteiger charge is -2.45. The molecule has 3 fully saturated rings. The number of piperidine rings is 3. The molecule has 3 aliphatic heterocycles. The average molecular weight is 194 g/mol. The Kier molecular flexibility index (Phi) is 3.60. The fourth-order valence-corrected chi connectivity index (χ4v) is 2.72. The van der Waals surface area contributed by atoms with Crippen LogP contribution in [0, 0.1) is 5.92 Å². The van der Waals surface area contributed by atoms with Gasteiger partial charge in [-0.05, 0) is 51.7 Å². The van der Waals surface area contributed by atoms with Crippen molar-refractivity contribution in [2.75, 3.05) is 26.2 Å². The van der Waals surface area contributed by atoms with Gasteiger partial charge in [-0.25, -0.2) is 0 Å². The molecule has 3 heterocycles. The number of fused-ring (bicyclic) bond motifs is 3. The lowest BCUT2D eigenvalue weighted by molar-refractivity contribution is 0.0732. The predicted octanol–water partition coefficient (Wildman–Crippen LogP) is 1.64. The fourth-order valence-electron chi connectivity index (χ4n) is 2.72. The lowest BCUT2D eigenvalue weighted by Crippen LogP contribution is -2.56. The van der Waals surface area contributed by atoms with Crippen LogP contribution in [0.15, 0.2) is 12.2 Å². The summed E-state index contributed by atoms with van der Waals surface area (Å²) in [5.74, 6) is 0.964. The topological polar surface area (TPSA) is 15.3 Å². The molecule has 1 N–H and O–H groups in total. The van der Waals surface area contributed by atoms with Crippen LogP contribution < -0.4 is 5.32 Å². The van der Waals surface area contributed by atoms with Crippen molar-refractivity contribution >= 4 is 0 Å². The summed E-state index contributed by atoms with van der Waals surface area (Å²) in [5, 5.41) is 3.69. The number of rotatable bonds is 4. The summed E-state index contributed by atoms with van der Waals surface area (Å²) in [5.41, 5.74) is 0. The molecular weight excluding hydrogens is 172 g/mol. The molecule has 0 amide bonds. The number of nitrogens with zero attached hydrogens (tertiary/aromatic N) is 1. The van der Waals surface area contributed by atoms with Crippen LogP contribution >= 0.6 is 0 Å². The Bertz CT molecular complexity index is 192. The Hall–Kier alpha value is -0.340. The van der Waals surface area contributed by atoms with Crippen molar-refractivity contribution in [2.45, 2.75) is 32.2 Å². The van der Waals surface area contributed by atoms with Gasteiger partial charge in [0, 0.05) is 12.6 Å². The molecular formula is C12H22N2. The molecule has 3 saturated heterocycles. The van der Waals surface area contributed by atoms with Gasteiger partial charge in [-0.2, -0.15) is 0 Å². The highest BCUT2D eigenvalue weighted by Gasteiger charge is 2.33. The molecule has 1 unspecified atom stereocenters. The van der Waals surface area contributed by atoms with E-state index in [1.54, 1.807) is 0 Å². The zero-order chi connectivity index (χ0) is 9.80. The molecule has 0 radical (unpaired) electrons. The third-order valence-electron chi connectivity index (χ3n) is 3.61. The van der Waals surface area contributed by atoms with Gasteiger partial charge in [0.2, 0.25) is 0 Å². The van der Waals surface area contributed by atoms with Gasteiger partial charge < -0.3 is 10.2 Å². The SMILES string of the molecule is C/C=C/CCNC1CN2CCC1CC2. The van der Waals surface area contributed by atoms with Crippen molar-refractivity contribution in [1.82, 2.24) is 10.2 Å². The van der Waals surface area contributed by atoms with Crippen LogP contribution in [0.2, 0.25) is 0 Å². The predicted molar refractivity (Wildman–Crippen MR) is 60.4 cm³/mol. The van der Waals surface area contributed by atoms with E-state index in [9.17, 15) is 0 Å². The van der Waals surface area contributed by atoms with Gasteiger partial charge in [0.15, 0.2) is 0 Å². The van der Waals surface area contributed by atoms with Crippen molar-refractivity contribution in [3.05, 3.63) is 12.2 Å². The summed E-state index contributed by atoms with van der Waals surface area (Å²) in [7, 11) is 0. The van der Waals surface area contributed by atoms with E-state index in [1.165, 1.54) is 38.9 Å². The number of nitrogens with one attached hydrogen (secondary N) is 1. The Morgan fingerprint density at radius 2 is 2.14 bits per heavy atom. The first-order valence-corrected chi connectivity index (χ1v) is 5.97. The van der Waals surface area contributed by atoms with Crippen LogP contribution in [-0.4, -0.2) is 37.1 Å². The summed E-state index contributed by atoms with van der Waals surface area (Å²) in [6.45, 7) is 7.23. The molecule has 0 aliphatic carbocycles. The van der Waals surface area contributed by atoms with E-state index >= 15 is 0 Å². The average Bonchev–Trinajstić information content (AvgIpc) is 2.26. The van der Waals surface area contributed by atoms with Gasteiger partial charge in [-0.1, -0.05) is 12.2 Å². The minimum absolute atomic E-state index is 0.780. The number of hydrogen-bond donors (Lipinski definition) is 1. The molecule has 80 valence electrons. The Morgan fingerprint density at radius 3 is 2.71 bits per heavy atom.